The van der Waals surface area contributed by atoms with Gasteiger partial charge >= 0.3 is 5.97 Å². The van der Waals surface area contributed by atoms with E-state index in [1.54, 1.807) is 13.2 Å². The summed E-state index contributed by atoms with van der Waals surface area (Å²) in [6.45, 7) is 4.97. The molecule has 0 bridgehead atoms. The largest absolute Gasteiger partial charge is 0.460 e. The van der Waals surface area contributed by atoms with Crippen molar-refractivity contribution in [2.75, 3.05) is 13.7 Å². The van der Waals surface area contributed by atoms with Crippen LogP contribution in [-0.2, 0) is 32.7 Å². The van der Waals surface area contributed by atoms with Gasteiger partial charge in [-0.3, -0.25) is 9.59 Å². The normalized spacial score (nSPS) is 20.2. The molecule has 3 atom stereocenters. The van der Waals surface area contributed by atoms with E-state index >= 15 is 0 Å². The molecule has 0 saturated carbocycles. The zero-order valence-electron chi connectivity index (χ0n) is 19.0. The van der Waals surface area contributed by atoms with E-state index in [4.69, 9.17) is 20.9 Å². The molecule has 3 rings (SSSR count). The molecule has 1 amide bonds. The van der Waals surface area contributed by atoms with Gasteiger partial charge in [0.1, 0.15) is 12.6 Å². The van der Waals surface area contributed by atoms with E-state index in [1.807, 2.05) is 42.5 Å². The SMILES string of the molecule is CO[C@@H]1Cc2ccc(C(N)=O)cc2C(C)(C)[C@@H]1NCC[C@H](N)C(=O)OCc1ccccc1. The van der Waals surface area contributed by atoms with E-state index in [0.717, 1.165) is 23.1 Å². The molecule has 2 aromatic rings. The Morgan fingerprint density at radius 3 is 2.56 bits per heavy atom. The number of amides is 1. The third-order valence-electron chi connectivity index (χ3n) is 6.31. The fourth-order valence-corrected chi connectivity index (χ4v) is 4.43. The average molecular weight is 440 g/mol. The summed E-state index contributed by atoms with van der Waals surface area (Å²) in [5.74, 6) is -0.861. The minimum atomic E-state index is -0.715. The lowest BCUT2D eigenvalue weighted by Gasteiger charge is -2.45. The first-order chi connectivity index (χ1) is 15.2. The van der Waals surface area contributed by atoms with Crippen LogP contribution in [-0.4, -0.2) is 43.7 Å². The van der Waals surface area contributed by atoms with Crippen LogP contribution in [0.1, 0.15) is 47.3 Å². The number of benzene rings is 2. The van der Waals surface area contributed by atoms with Crippen molar-refractivity contribution in [3.63, 3.8) is 0 Å². The zero-order valence-corrected chi connectivity index (χ0v) is 19.0. The quantitative estimate of drug-likeness (QED) is 0.515. The number of hydrogen-bond acceptors (Lipinski definition) is 6. The van der Waals surface area contributed by atoms with Gasteiger partial charge in [0.15, 0.2) is 0 Å². The highest BCUT2D eigenvalue weighted by Gasteiger charge is 2.42. The van der Waals surface area contributed by atoms with Crippen molar-refractivity contribution in [2.45, 2.75) is 56.9 Å². The minimum absolute atomic E-state index is 0.0318. The average Bonchev–Trinajstić information content (AvgIpc) is 2.78. The van der Waals surface area contributed by atoms with Gasteiger partial charge in [0.05, 0.1) is 6.10 Å². The lowest BCUT2D eigenvalue weighted by molar-refractivity contribution is -0.146. The van der Waals surface area contributed by atoms with E-state index in [9.17, 15) is 9.59 Å². The maximum Gasteiger partial charge on any atom is 0.323 e. The molecule has 32 heavy (non-hydrogen) atoms. The van der Waals surface area contributed by atoms with Crippen molar-refractivity contribution in [1.82, 2.24) is 5.32 Å². The molecule has 0 radical (unpaired) electrons. The van der Waals surface area contributed by atoms with Crippen LogP contribution in [0.15, 0.2) is 48.5 Å². The van der Waals surface area contributed by atoms with Crippen LogP contribution in [0.5, 0.6) is 0 Å². The van der Waals surface area contributed by atoms with Crippen LogP contribution in [0.25, 0.3) is 0 Å². The molecule has 0 spiro atoms. The third kappa shape index (κ3) is 5.35. The summed E-state index contributed by atoms with van der Waals surface area (Å²) in [5, 5.41) is 3.53. The molecule has 2 aromatic carbocycles. The Bertz CT molecular complexity index is 945. The van der Waals surface area contributed by atoms with Gasteiger partial charge < -0.3 is 26.3 Å². The Morgan fingerprint density at radius 1 is 1.19 bits per heavy atom. The maximum atomic E-state index is 12.3. The number of nitrogens with two attached hydrogens (primary N) is 2. The summed E-state index contributed by atoms with van der Waals surface area (Å²) in [6, 6.07) is 14.4. The molecule has 5 N–H and O–H groups in total. The predicted octanol–water partition coefficient (Wildman–Crippen LogP) is 2.05. The maximum absolute atomic E-state index is 12.3. The monoisotopic (exact) mass is 439 g/mol. The van der Waals surface area contributed by atoms with E-state index in [0.29, 0.717) is 18.5 Å². The second kappa shape index (κ2) is 10.3. The van der Waals surface area contributed by atoms with Crippen molar-refractivity contribution >= 4 is 11.9 Å². The van der Waals surface area contributed by atoms with Crippen molar-refractivity contribution < 1.29 is 19.1 Å². The molecule has 0 aromatic heterocycles. The van der Waals surface area contributed by atoms with E-state index < -0.39 is 17.9 Å². The van der Waals surface area contributed by atoms with Gasteiger partial charge in [0.25, 0.3) is 0 Å². The van der Waals surface area contributed by atoms with Gasteiger partial charge in [-0.15, -0.1) is 0 Å². The number of esters is 1. The van der Waals surface area contributed by atoms with Crippen LogP contribution in [0, 0.1) is 0 Å². The lowest BCUT2D eigenvalue weighted by Crippen LogP contribution is -2.57. The summed E-state index contributed by atoms with van der Waals surface area (Å²) in [7, 11) is 1.70. The number of hydrogen-bond donors (Lipinski definition) is 3. The van der Waals surface area contributed by atoms with Gasteiger partial charge in [-0.25, -0.2) is 0 Å². The fourth-order valence-electron chi connectivity index (χ4n) is 4.43. The number of carbonyl (C=O) groups excluding carboxylic acids is 2. The second-order valence-corrected chi connectivity index (χ2v) is 8.86. The lowest BCUT2D eigenvalue weighted by atomic mass is 9.67. The summed E-state index contributed by atoms with van der Waals surface area (Å²) in [4.78, 5) is 23.9. The highest BCUT2D eigenvalue weighted by atomic mass is 16.5. The zero-order chi connectivity index (χ0) is 23.3. The number of methoxy groups -OCH3 is 1. The van der Waals surface area contributed by atoms with Crippen LogP contribution >= 0.6 is 0 Å². The van der Waals surface area contributed by atoms with Crippen LogP contribution < -0.4 is 16.8 Å². The Hall–Kier alpha value is -2.74. The molecule has 0 heterocycles. The molecule has 7 heteroatoms. The van der Waals surface area contributed by atoms with Gasteiger partial charge in [0.2, 0.25) is 5.91 Å². The molecular weight excluding hydrogens is 406 g/mol. The molecule has 0 fully saturated rings. The van der Waals surface area contributed by atoms with Crippen molar-refractivity contribution in [3.8, 4) is 0 Å². The Labute approximate surface area is 189 Å². The van der Waals surface area contributed by atoms with Gasteiger partial charge in [-0.05, 0) is 41.8 Å². The molecular formula is C25H33N3O4. The number of nitrogens with one attached hydrogen (secondary N) is 1. The highest BCUT2D eigenvalue weighted by Crippen LogP contribution is 2.38. The molecule has 0 saturated heterocycles. The standard InChI is InChI=1S/C25H33N3O4/c1-25(2)19-13-18(23(27)29)10-9-17(19)14-21(31-3)22(25)28-12-11-20(26)24(30)32-15-16-7-5-4-6-8-16/h4-10,13,20-22,28H,11-12,14-15,26H2,1-3H3,(H2,27,29)/t20-,21+,22+/m0/s1. The first kappa shape index (κ1) is 23.9. The fraction of sp³-hybridized carbons (Fsp3) is 0.440. The second-order valence-electron chi connectivity index (χ2n) is 8.86. The third-order valence-corrected chi connectivity index (χ3v) is 6.31. The molecule has 1 aliphatic rings. The minimum Gasteiger partial charge on any atom is -0.460 e. The number of fused-ring (bicyclic) bond motifs is 1. The van der Waals surface area contributed by atoms with E-state index in [-0.39, 0.29) is 24.2 Å². The van der Waals surface area contributed by atoms with Gasteiger partial charge in [0, 0.05) is 30.6 Å². The number of ether oxygens (including phenoxy) is 2. The van der Waals surface area contributed by atoms with Gasteiger partial charge in [-0.1, -0.05) is 50.2 Å². The first-order valence-corrected chi connectivity index (χ1v) is 10.9. The molecule has 1 aliphatic carbocycles. The Morgan fingerprint density at radius 2 is 1.91 bits per heavy atom. The summed E-state index contributed by atoms with van der Waals surface area (Å²) >= 11 is 0. The topological polar surface area (TPSA) is 117 Å². The summed E-state index contributed by atoms with van der Waals surface area (Å²) < 4.78 is 11.1. The van der Waals surface area contributed by atoms with Crippen molar-refractivity contribution in [1.29, 1.82) is 0 Å². The van der Waals surface area contributed by atoms with Crippen LogP contribution in [0.2, 0.25) is 0 Å². The van der Waals surface area contributed by atoms with Crippen molar-refractivity contribution in [3.05, 3.63) is 70.8 Å². The summed E-state index contributed by atoms with van der Waals surface area (Å²) in [5.41, 5.74) is 14.9. The van der Waals surface area contributed by atoms with Crippen LogP contribution in [0.3, 0.4) is 0 Å². The van der Waals surface area contributed by atoms with Crippen LogP contribution in [0.4, 0.5) is 0 Å². The van der Waals surface area contributed by atoms with Gasteiger partial charge in [-0.2, -0.15) is 0 Å². The predicted molar refractivity (Wildman–Crippen MR) is 123 cm³/mol. The van der Waals surface area contributed by atoms with E-state index in [2.05, 4.69) is 19.2 Å². The number of primary amides is 1. The number of carbonyl (C=O) groups is 2. The van der Waals surface area contributed by atoms with Crippen molar-refractivity contribution in [2.24, 2.45) is 11.5 Å². The molecule has 7 nitrogen and oxygen atoms in total. The smallest absolute Gasteiger partial charge is 0.323 e. The first-order valence-electron chi connectivity index (χ1n) is 10.9. The molecule has 0 unspecified atom stereocenters. The summed E-state index contributed by atoms with van der Waals surface area (Å²) in [6.07, 6.45) is 1.10. The van der Waals surface area contributed by atoms with E-state index in [1.165, 1.54) is 0 Å². The Kier molecular flexibility index (Phi) is 7.66. The molecule has 172 valence electrons. The Balaban J connectivity index is 1.61. The molecule has 0 aliphatic heterocycles. The number of rotatable bonds is 9. The highest BCUT2D eigenvalue weighted by molar-refractivity contribution is 5.93.